The van der Waals surface area contributed by atoms with Crippen LogP contribution in [0.15, 0.2) is 36.4 Å². The Morgan fingerprint density at radius 3 is 2.74 bits per heavy atom. The molecule has 6 heteroatoms. The predicted octanol–water partition coefficient (Wildman–Crippen LogP) is 3.37. The van der Waals surface area contributed by atoms with E-state index in [9.17, 15) is 14.0 Å². The predicted molar refractivity (Wildman–Crippen MR) is 103 cm³/mol. The van der Waals surface area contributed by atoms with Gasteiger partial charge in [-0.15, -0.1) is 0 Å². The van der Waals surface area contributed by atoms with Gasteiger partial charge in [0.2, 0.25) is 5.91 Å². The SMILES string of the molecule is CC.Cc1ccc2cccc(C(=O)NCC(=O)N3CC(F)C[C@H]3C#N)c2c1. The number of nitrogens with zero attached hydrogens (tertiary/aromatic N) is 2. The first-order chi connectivity index (χ1) is 13.0. The lowest BCUT2D eigenvalue weighted by Crippen LogP contribution is -2.42. The van der Waals surface area contributed by atoms with E-state index in [0.29, 0.717) is 5.56 Å². The number of alkyl halides is 1. The zero-order chi connectivity index (χ0) is 20.0. The minimum absolute atomic E-state index is 0.0266. The van der Waals surface area contributed by atoms with Gasteiger partial charge in [-0.05, 0) is 23.8 Å². The fraction of sp³-hybridized carbons (Fsp3) is 0.381. The number of carbonyl (C=O) groups excluding carboxylic acids is 2. The van der Waals surface area contributed by atoms with Crippen LogP contribution in [0.2, 0.25) is 0 Å². The number of hydrogen-bond acceptors (Lipinski definition) is 3. The molecule has 1 fully saturated rings. The second kappa shape index (κ2) is 9.13. The van der Waals surface area contributed by atoms with E-state index in [1.807, 2.05) is 51.1 Å². The number of amides is 2. The molecule has 3 rings (SSSR count). The summed E-state index contributed by atoms with van der Waals surface area (Å²) in [6.07, 6.45) is -1.16. The first-order valence-corrected chi connectivity index (χ1v) is 9.10. The normalized spacial score (nSPS) is 18.4. The highest BCUT2D eigenvalue weighted by Crippen LogP contribution is 2.21. The fourth-order valence-corrected chi connectivity index (χ4v) is 3.12. The lowest BCUT2D eigenvalue weighted by Gasteiger charge is -2.19. The molecular formula is C21H24FN3O2. The summed E-state index contributed by atoms with van der Waals surface area (Å²) in [7, 11) is 0. The molecule has 2 atom stereocenters. The summed E-state index contributed by atoms with van der Waals surface area (Å²) in [5.41, 5.74) is 1.52. The van der Waals surface area contributed by atoms with Gasteiger partial charge >= 0.3 is 0 Å². The summed E-state index contributed by atoms with van der Waals surface area (Å²) in [5.74, 6) is -0.814. The maximum absolute atomic E-state index is 13.4. The fourth-order valence-electron chi connectivity index (χ4n) is 3.12. The molecule has 1 heterocycles. The largest absolute Gasteiger partial charge is 0.343 e. The van der Waals surface area contributed by atoms with Crippen molar-refractivity contribution in [2.24, 2.45) is 0 Å². The first kappa shape index (κ1) is 20.4. The standard InChI is InChI=1S/C19H18FN3O2.C2H6/c1-12-5-6-13-3-2-4-16(17(13)7-12)19(25)22-10-18(24)23-11-14(20)8-15(23)9-21;1-2/h2-7,14-15H,8,10-11H2,1H3,(H,22,25);1-2H3/t14?,15-;/m0./s1. The van der Waals surface area contributed by atoms with Crippen LogP contribution in [0, 0.1) is 18.3 Å². The van der Waals surface area contributed by atoms with Gasteiger partial charge in [-0.2, -0.15) is 5.26 Å². The number of hydrogen-bond donors (Lipinski definition) is 1. The molecule has 27 heavy (non-hydrogen) atoms. The van der Waals surface area contributed by atoms with Crippen LogP contribution in [-0.4, -0.2) is 42.0 Å². The van der Waals surface area contributed by atoms with E-state index in [0.717, 1.165) is 16.3 Å². The average molecular weight is 369 g/mol. The molecule has 2 aromatic rings. The van der Waals surface area contributed by atoms with E-state index in [4.69, 9.17) is 5.26 Å². The van der Waals surface area contributed by atoms with E-state index in [2.05, 4.69) is 5.32 Å². The first-order valence-electron chi connectivity index (χ1n) is 9.10. The van der Waals surface area contributed by atoms with Crippen LogP contribution in [0.5, 0.6) is 0 Å². The molecule has 1 N–H and O–H groups in total. The van der Waals surface area contributed by atoms with Crippen molar-refractivity contribution in [3.05, 3.63) is 47.5 Å². The molecule has 1 aliphatic rings. The van der Waals surface area contributed by atoms with Crippen LogP contribution in [0.4, 0.5) is 4.39 Å². The molecule has 2 aromatic carbocycles. The van der Waals surface area contributed by atoms with Gasteiger partial charge in [-0.25, -0.2) is 4.39 Å². The third-order valence-electron chi connectivity index (χ3n) is 4.40. The molecule has 0 aromatic heterocycles. The van der Waals surface area contributed by atoms with E-state index in [1.165, 1.54) is 4.90 Å². The number of rotatable bonds is 3. The number of nitriles is 1. The molecular weight excluding hydrogens is 345 g/mol. The van der Waals surface area contributed by atoms with Crippen molar-refractivity contribution in [2.75, 3.05) is 13.1 Å². The average Bonchev–Trinajstić information content (AvgIpc) is 3.07. The van der Waals surface area contributed by atoms with Crippen LogP contribution in [0.1, 0.15) is 36.2 Å². The van der Waals surface area contributed by atoms with E-state index in [-0.39, 0.29) is 25.4 Å². The van der Waals surface area contributed by atoms with Gasteiger partial charge in [0.25, 0.3) is 5.91 Å². The Kier molecular flexibility index (Phi) is 6.89. The third-order valence-corrected chi connectivity index (χ3v) is 4.40. The number of aryl methyl sites for hydroxylation is 1. The van der Waals surface area contributed by atoms with Gasteiger partial charge in [0.15, 0.2) is 0 Å². The summed E-state index contributed by atoms with van der Waals surface area (Å²) in [6.45, 7) is 5.59. The van der Waals surface area contributed by atoms with Crippen LogP contribution in [0.3, 0.4) is 0 Å². The molecule has 1 unspecified atom stereocenters. The molecule has 0 bridgehead atoms. The molecule has 1 aliphatic heterocycles. The van der Waals surface area contributed by atoms with Gasteiger partial charge in [-0.1, -0.05) is 49.7 Å². The van der Waals surface area contributed by atoms with Crippen LogP contribution >= 0.6 is 0 Å². The molecule has 0 aliphatic carbocycles. The Bertz CT molecular complexity index is 875. The summed E-state index contributed by atoms with van der Waals surface area (Å²) in [6, 6.07) is 12.4. The molecule has 0 radical (unpaired) electrons. The number of nitrogens with one attached hydrogen (secondary N) is 1. The van der Waals surface area contributed by atoms with Gasteiger partial charge in [-0.3, -0.25) is 9.59 Å². The van der Waals surface area contributed by atoms with Gasteiger partial charge in [0.1, 0.15) is 12.2 Å². The highest BCUT2D eigenvalue weighted by molar-refractivity contribution is 6.08. The van der Waals surface area contributed by atoms with Gasteiger partial charge < -0.3 is 10.2 Å². The van der Waals surface area contributed by atoms with Gasteiger partial charge in [0, 0.05) is 12.0 Å². The highest BCUT2D eigenvalue weighted by Gasteiger charge is 2.35. The maximum atomic E-state index is 13.4. The molecule has 142 valence electrons. The highest BCUT2D eigenvalue weighted by atomic mass is 19.1. The van der Waals surface area contributed by atoms with E-state index >= 15 is 0 Å². The van der Waals surface area contributed by atoms with Crippen molar-refractivity contribution < 1.29 is 14.0 Å². The molecule has 5 nitrogen and oxygen atoms in total. The second-order valence-electron chi connectivity index (χ2n) is 6.24. The number of fused-ring (bicyclic) bond motifs is 1. The quantitative estimate of drug-likeness (QED) is 0.901. The van der Waals surface area contributed by atoms with Gasteiger partial charge in [0.05, 0.1) is 19.2 Å². The van der Waals surface area contributed by atoms with Crippen LogP contribution in [0.25, 0.3) is 10.8 Å². The Morgan fingerprint density at radius 2 is 2.04 bits per heavy atom. The summed E-state index contributed by atoms with van der Waals surface area (Å²) in [4.78, 5) is 25.9. The van der Waals surface area contributed by atoms with Crippen molar-refractivity contribution >= 4 is 22.6 Å². The Balaban J connectivity index is 0.00000126. The number of likely N-dealkylation sites (tertiary alicyclic amines) is 1. The lowest BCUT2D eigenvalue weighted by atomic mass is 10.0. The molecule has 0 spiro atoms. The monoisotopic (exact) mass is 369 g/mol. The second-order valence-corrected chi connectivity index (χ2v) is 6.24. The smallest absolute Gasteiger partial charge is 0.252 e. The minimum atomic E-state index is -1.19. The Labute approximate surface area is 158 Å². The van der Waals surface area contributed by atoms with Crippen LogP contribution in [-0.2, 0) is 4.79 Å². The maximum Gasteiger partial charge on any atom is 0.252 e. The molecule has 0 saturated carbocycles. The number of carbonyl (C=O) groups is 2. The summed E-state index contributed by atoms with van der Waals surface area (Å²) < 4.78 is 13.4. The Hall–Kier alpha value is -2.94. The van der Waals surface area contributed by atoms with Crippen molar-refractivity contribution in [1.29, 1.82) is 5.26 Å². The lowest BCUT2D eigenvalue weighted by molar-refractivity contribution is -0.130. The minimum Gasteiger partial charge on any atom is -0.343 e. The zero-order valence-corrected chi connectivity index (χ0v) is 15.8. The van der Waals surface area contributed by atoms with E-state index in [1.54, 1.807) is 12.1 Å². The third kappa shape index (κ3) is 4.62. The van der Waals surface area contributed by atoms with E-state index < -0.39 is 18.1 Å². The van der Waals surface area contributed by atoms with Crippen LogP contribution < -0.4 is 5.32 Å². The Morgan fingerprint density at radius 1 is 1.30 bits per heavy atom. The summed E-state index contributed by atoms with van der Waals surface area (Å²) >= 11 is 0. The van der Waals surface area contributed by atoms with Crippen molar-refractivity contribution in [3.8, 4) is 6.07 Å². The number of halogens is 1. The van der Waals surface area contributed by atoms with Crippen molar-refractivity contribution in [1.82, 2.24) is 10.2 Å². The van der Waals surface area contributed by atoms with Crippen molar-refractivity contribution in [3.63, 3.8) is 0 Å². The summed E-state index contributed by atoms with van der Waals surface area (Å²) in [5, 5.41) is 13.3. The molecule has 2 amide bonds. The number of benzene rings is 2. The zero-order valence-electron chi connectivity index (χ0n) is 15.8. The topological polar surface area (TPSA) is 73.2 Å². The van der Waals surface area contributed by atoms with Crippen molar-refractivity contribution in [2.45, 2.75) is 39.4 Å². The molecule has 1 saturated heterocycles.